The third-order valence-corrected chi connectivity index (χ3v) is 2.16. The summed E-state index contributed by atoms with van der Waals surface area (Å²) in [5, 5.41) is 11.8. The highest BCUT2D eigenvalue weighted by Crippen LogP contribution is 2.10. The molecule has 2 N–H and O–H groups in total. The highest BCUT2D eigenvalue weighted by atomic mass is 16.4. The maximum Gasteiger partial charge on any atom is 0.337 e. The zero-order chi connectivity index (χ0) is 12.1. The molecule has 0 fully saturated rings. The summed E-state index contributed by atoms with van der Waals surface area (Å²) in [5.41, 5.74) is 0.160. The van der Waals surface area contributed by atoms with Crippen molar-refractivity contribution in [1.29, 1.82) is 0 Å². The van der Waals surface area contributed by atoms with Gasteiger partial charge in [-0.05, 0) is 18.1 Å². The molecule has 84 valence electrons. The third kappa shape index (κ3) is 2.99. The van der Waals surface area contributed by atoms with Gasteiger partial charge in [0.2, 0.25) is 0 Å². The van der Waals surface area contributed by atoms with E-state index >= 15 is 0 Å². The summed E-state index contributed by atoms with van der Waals surface area (Å²) in [7, 11) is 0. The van der Waals surface area contributed by atoms with Gasteiger partial charge in [0.25, 0.3) is 0 Å². The molecule has 0 aromatic carbocycles. The molecule has 0 aliphatic carbocycles. The zero-order valence-corrected chi connectivity index (χ0v) is 9.27. The van der Waals surface area contributed by atoms with E-state index in [1.54, 1.807) is 6.07 Å². The molecule has 0 aliphatic rings. The first-order chi connectivity index (χ1) is 7.54. The van der Waals surface area contributed by atoms with Gasteiger partial charge in [0.15, 0.2) is 0 Å². The first-order valence-electron chi connectivity index (χ1n) is 4.96. The monoisotopic (exact) mass is 218 g/mol. The molecule has 1 heterocycles. The largest absolute Gasteiger partial charge is 0.478 e. The van der Waals surface area contributed by atoms with Crippen LogP contribution in [0.15, 0.2) is 18.3 Å². The van der Waals surface area contributed by atoms with E-state index in [1.165, 1.54) is 12.3 Å². The molecule has 1 unspecified atom stereocenters. The highest BCUT2D eigenvalue weighted by molar-refractivity contribution is 5.87. The molecule has 0 aliphatic heterocycles. The predicted octanol–water partition coefficient (Wildman–Crippen LogP) is 1.85. The van der Waals surface area contributed by atoms with Crippen LogP contribution in [0.4, 0.5) is 5.82 Å². The van der Waals surface area contributed by atoms with Crippen LogP contribution in [0.1, 0.15) is 24.2 Å². The molecule has 1 aromatic heterocycles. The first-order valence-corrected chi connectivity index (χ1v) is 4.96. The molecule has 1 atom stereocenters. The Bertz CT molecular complexity index is 404. The fourth-order valence-electron chi connectivity index (χ4n) is 1.17. The zero-order valence-electron chi connectivity index (χ0n) is 9.27. The minimum absolute atomic E-state index is 0.108. The van der Waals surface area contributed by atoms with Gasteiger partial charge in [-0.15, -0.1) is 6.42 Å². The van der Waals surface area contributed by atoms with E-state index in [0.717, 1.165) is 0 Å². The van der Waals surface area contributed by atoms with Crippen LogP contribution in [0.3, 0.4) is 0 Å². The molecule has 0 spiro atoms. The minimum Gasteiger partial charge on any atom is -0.478 e. The number of nitrogens with zero attached hydrogens (tertiary/aromatic N) is 1. The number of anilines is 1. The number of hydrogen-bond acceptors (Lipinski definition) is 3. The predicted molar refractivity (Wildman–Crippen MR) is 62.3 cm³/mol. The summed E-state index contributed by atoms with van der Waals surface area (Å²) >= 11 is 0. The Kier molecular flexibility index (Phi) is 3.90. The molecule has 4 nitrogen and oxygen atoms in total. The normalized spacial score (nSPS) is 11.9. The van der Waals surface area contributed by atoms with E-state index in [4.69, 9.17) is 11.5 Å². The lowest BCUT2D eigenvalue weighted by Crippen LogP contribution is -2.24. The molecule has 0 amide bonds. The lowest BCUT2D eigenvalue weighted by Gasteiger charge is -2.16. The minimum atomic E-state index is -0.989. The van der Waals surface area contributed by atoms with Crippen molar-refractivity contribution in [3.8, 4) is 12.3 Å². The van der Waals surface area contributed by atoms with Crippen molar-refractivity contribution in [3.63, 3.8) is 0 Å². The third-order valence-electron chi connectivity index (χ3n) is 2.16. The van der Waals surface area contributed by atoms with Gasteiger partial charge in [-0.3, -0.25) is 0 Å². The number of terminal acetylenes is 1. The summed E-state index contributed by atoms with van der Waals surface area (Å²) in [6, 6.07) is 2.99. The fourth-order valence-corrected chi connectivity index (χ4v) is 1.17. The van der Waals surface area contributed by atoms with Crippen LogP contribution in [-0.2, 0) is 0 Å². The second-order valence-electron chi connectivity index (χ2n) is 3.77. The number of aromatic nitrogens is 1. The smallest absolute Gasteiger partial charge is 0.337 e. The number of rotatable bonds is 4. The van der Waals surface area contributed by atoms with Crippen LogP contribution in [0, 0.1) is 18.3 Å². The van der Waals surface area contributed by atoms with Gasteiger partial charge in [-0.25, -0.2) is 9.78 Å². The number of carboxylic acid groups (broad SMARTS) is 1. The van der Waals surface area contributed by atoms with Crippen LogP contribution < -0.4 is 5.32 Å². The Morgan fingerprint density at radius 3 is 2.62 bits per heavy atom. The number of carbonyl (C=O) groups is 1. The van der Waals surface area contributed by atoms with Crippen molar-refractivity contribution >= 4 is 11.8 Å². The average Bonchev–Trinajstić information content (AvgIpc) is 2.26. The maximum absolute atomic E-state index is 10.6. The second kappa shape index (κ2) is 5.17. The van der Waals surface area contributed by atoms with E-state index in [0.29, 0.717) is 5.82 Å². The van der Waals surface area contributed by atoms with Crippen LogP contribution in [0.25, 0.3) is 0 Å². The molecule has 0 radical (unpaired) electrons. The number of nitrogens with one attached hydrogen (secondary N) is 1. The number of hydrogen-bond donors (Lipinski definition) is 2. The van der Waals surface area contributed by atoms with Gasteiger partial charge in [0.05, 0.1) is 11.6 Å². The van der Waals surface area contributed by atoms with E-state index < -0.39 is 5.97 Å². The Morgan fingerprint density at radius 1 is 1.56 bits per heavy atom. The Morgan fingerprint density at radius 2 is 2.25 bits per heavy atom. The van der Waals surface area contributed by atoms with Gasteiger partial charge >= 0.3 is 5.97 Å². The molecule has 4 heteroatoms. The number of aromatic carboxylic acids is 1. The molecule has 1 aromatic rings. The lowest BCUT2D eigenvalue weighted by molar-refractivity contribution is 0.0696. The average molecular weight is 218 g/mol. The van der Waals surface area contributed by atoms with E-state index in [1.807, 2.05) is 13.8 Å². The van der Waals surface area contributed by atoms with Crippen molar-refractivity contribution < 1.29 is 9.90 Å². The van der Waals surface area contributed by atoms with Crippen molar-refractivity contribution in [2.45, 2.75) is 19.9 Å². The van der Waals surface area contributed by atoms with Crippen LogP contribution in [0.2, 0.25) is 0 Å². The summed E-state index contributed by atoms with van der Waals surface area (Å²) in [6.07, 6.45) is 6.67. The van der Waals surface area contributed by atoms with Crippen molar-refractivity contribution in [1.82, 2.24) is 4.98 Å². The van der Waals surface area contributed by atoms with Crippen molar-refractivity contribution in [3.05, 3.63) is 23.9 Å². The summed E-state index contributed by atoms with van der Waals surface area (Å²) < 4.78 is 0. The molecule has 1 rings (SSSR count). The van der Waals surface area contributed by atoms with Gasteiger partial charge in [-0.2, -0.15) is 0 Å². The van der Waals surface area contributed by atoms with Crippen molar-refractivity contribution in [2.75, 3.05) is 5.32 Å². The number of carboxylic acids is 1. The first kappa shape index (κ1) is 12.1. The van der Waals surface area contributed by atoms with Gasteiger partial charge in [-0.1, -0.05) is 19.8 Å². The second-order valence-corrected chi connectivity index (χ2v) is 3.77. The van der Waals surface area contributed by atoms with Gasteiger partial charge < -0.3 is 10.4 Å². The van der Waals surface area contributed by atoms with Crippen LogP contribution in [-0.4, -0.2) is 22.1 Å². The summed E-state index contributed by atoms with van der Waals surface area (Å²) in [5.74, 6) is 2.50. The van der Waals surface area contributed by atoms with Crippen molar-refractivity contribution in [2.24, 2.45) is 5.92 Å². The van der Waals surface area contributed by atoms with Gasteiger partial charge in [0, 0.05) is 6.20 Å². The number of pyridine rings is 1. The highest BCUT2D eigenvalue weighted by Gasteiger charge is 2.10. The lowest BCUT2D eigenvalue weighted by atomic mass is 10.1. The molecule has 0 bridgehead atoms. The van der Waals surface area contributed by atoms with E-state index in [2.05, 4.69) is 16.2 Å². The maximum atomic E-state index is 10.6. The molecular weight excluding hydrogens is 204 g/mol. The molecule has 16 heavy (non-hydrogen) atoms. The Labute approximate surface area is 94.7 Å². The summed E-state index contributed by atoms with van der Waals surface area (Å²) in [6.45, 7) is 4.01. The SMILES string of the molecule is C#CC(Nc1ccc(C(=O)O)cn1)C(C)C. The van der Waals surface area contributed by atoms with Crippen LogP contribution >= 0.6 is 0 Å². The van der Waals surface area contributed by atoms with Crippen LogP contribution in [0.5, 0.6) is 0 Å². The Hall–Kier alpha value is -2.02. The summed E-state index contributed by atoms with van der Waals surface area (Å²) in [4.78, 5) is 14.6. The fraction of sp³-hybridized carbons (Fsp3) is 0.333. The van der Waals surface area contributed by atoms with E-state index in [9.17, 15) is 4.79 Å². The standard InChI is InChI=1S/C12H14N2O2/c1-4-10(8(2)3)14-11-6-5-9(7-13-11)12(15)16/h1,5-8,10H,2-3H3,(H,13,14)(H,15,16). The van der Waals surface area contributed by atoms with E-state index in [-0.39, 0.29) is 17.5 Å². The Balaban J connectivity index is 2.76. The molecule has 0 saturated heterocycles. The quantitative estimate of drug-likeness (QED) is 0.757. The molecule has 0 saturated carbocycles. The topological polar surface area (TPSA) is 62.2 Å². The van der Waals surface area contributed by atoms with Gasteiger partial charge in [0.1, 0.15) is 5.82 Å². The molecular formula is C12H14N2O2.